The Balaban J connectivity index is 1.29. The average Bonchev–Trinajstić information content (AvgIpc) is 3.52. The second-order valence-electron chi connectivity index (χ2n) is 9.45. The van der Waals surface area contributed by atoms with Crippen LogP contribution >= 0.6 is 0 Å². The van der Waals surface area contributed by atoms with Crippen LogP contribution in [0.25, 0.3) is 11.7 Å². The Bertz CT molecular complexity index is 1640. The van der Waals surface area contributed by atoms with Crippen LogP contribution in [0.5, 0.6) is 0 Å². The number of halogens is 3. The van der Waals surface area contributed by atoms with Gasteiger partial charge in [0, 0.05) is 46.1 Å². The van der Waals surface area contributed by atoms with Crippen molar-refractivity contribution in [3.63, 3.8) is 0 Å². The summed E-state index contributed by atoms with van der Waals surface area (Å²) in [7, 11) is 0. The van der Waals surface area contributed by atoms with Crippen molar-refractivity contribution in [3.05, 3.63) is 77.6 Å². The van der Waals surface area contributed by atoms with Crippen LogP contribution in [0.1, 0.15) is 30.4 Å². The number of imide groups is 1. The molecule has 2 fully saturated rings. The van der Waals surface area contributed by atoms with E-state index in [4.69, 9.17) is 0 Å². The number of anilines is 5. The molecule has 1 aliphatic carbocycles. The van der Waals surface area contributed by atoms with Gasteiger partial charge in [0.25, 0.3) is 5.91 Å². The molecule has 0 unspecified atom stereocenters. The van der Waals surface area contributed by atoms with Gasteiger partial charge in [-0.3, -0.25) is 14.9 Å². The lowest BCUT2D eigenvalue weighted by atomic mass is 10.1. The summed E-state index contributed by atoms with van der Waals surface area (Å²) in [5, 5.41) is 16.3. The highest BCUT2D eigenvalue weighted by Gasteiger charge is 2.30. The topological polar surface area (TPSA) is 112 Å². The summed E-state index contributed by atoms with van der Waals surface area (Å²) >= 11 is 0. The van der Waals surface area contributed by atoms with Crippen molar-refractivity contribution < 1.29 is 22.8 Å². The number of hydrogen-bond donors (Lipinski definition) is 4. The molecule has 2 aromatic heterocycles. The fraction of sp³-hybridized carbons (Fsp3) is 0.185. The molecule has 39 heavy (non-hydrogen) atoms. The van der Waals surface area contributed by atoms with Crippen LogP contribution in [0.4, 0.5) is 41.7 Å². The number of amides is 2. The molecule has 1 saturated heterocycles. The number of benzene rings is 2. The van der Waals surface area contributed by atoms with Gasteiger partial charge in [0.05, 0.1) is 18.2 Å². The highest BCUT2D eigenvalue weighted by atomic mass is 19.4. The molecular formula is C27H22F3N7O2. The van der Waals surface area contributed by atoms with Gasteiger partial charge in [-0.1, -0.05) is 6.07 Å². The first kappa shape index (κ1) is 24.5. The fourth-order valence-corrected chi connectivity index (χ4v) is 4.27. The molecule has 2 aromatic carbocycles. The highest BCUT2D eigenvalue weighted by Crippen LogP contribution is 2.34. The maximum absolute atomic E-state index is 13.2. The van der Waals surface area contributed by atoms with Gasteiger partial charge in [-0.15, -0.1) is 0 Å². The Morgan fingerprint density at radius 2 is 1.74 bits per heavy atom. The molecule has 0 bridgehead atoms. The van der Waals surface area contributed by atoms with Gasteiger partial charge in [0.2, 0.25) is 5.91 Å². The fourth-order valence-electron chi connectivity index (χ4n) is 4.27. The number of nitrogens with one attached hydrogen (secondary N) is 4. The van der Waals surface area contributed by atoms with Gasteiger partial charge in [-0.25, -0.2) is 9.50 Å². The summed E-state index contributed by atoms with van der Waals surface area (Å²) in [6.45, 7) is 0. The number of rotatable bonds is 7. The van der Waals surface area contributed by atoms with Gasteiger partial charge in [0.1, 0.15) is 5.82 Å². The van der Waals surface area contributed by atoms with Crippen molar-refractivity contribution in [1.82, 2.24) is 19.9 Å². The van der Waals surface area contributed by atoms with E-state index in [-0.39, 0.29) is 12.3 Å². The second kappa shape index (κ2) is 9.46. The molecule has 0 atom stereocenters. The van der Waals surface area contributed by atoms with Crippen LogP contribution in [0.15, 0.2) is 66.5 Å². The molecule has 6 rings (SSSR count). The third-order valence-corrected chi connectivity index (χ3v) is 6.25. The van der Waals surface area contributed by atoms with Crippen molar-refractivity contribution in [1.29, 1.82) is 0 Å². The zero-order chi connectivity index (χ0) is 27.1. The predicted molar refractivity (Wildman–Crippen MR) is 140 cm³/mol. The van der Waals surface area contributed by atoms with E-state index in [1.807, 2.05) is 12.1 Å². The number of hydrogen-bond acceptors (Lipinski definition) is 7. The maximum atomic E-state index is 13.2. The highest BCUT2D eigenvalue weighted by molar-refractivity contribution is 6.15. The van der Waals surface area contributed by atoms with Gasteiger partial charge >= 0.3 is 6.18 Å². The first-order chi connectivity index (χ1) is 18.7. The third-order valence-electron chi connectivity index (χ3n) is 6.25. The van der Waals surface area contributed by atoms with Crippen molar-refractivity contribution >= 4 is 52.1 Å². The van der Waals surface area contributed by atoms with E-state index < -0.39 is 17.6 Å². The summed E-state index contributed by atoms with van der Waals surface area (Å²) in [6, 6.07) is 12.6. The van der Waals surface area contributed by atoms with Crippen molar-refractivity contribution in [2.24, 2.45) is 0 Å². The molecule has 1 saturated carbocycles. The number of alkyl halides is 3. The molecule has 1 aliphatic heterocycles. The van der Waals surface area contributed by atoms with Crippen molar-refractivity contribution in [2.45, 2.75) is 31.5 Å². The normalized spacial score (nSPS) is 16.5. The SMILES string of the molecule is O=C1C/C(=C/c2cnn3ccc(Nc4cc(Nc5cccc(C(F)(F)F)c5)cc(NC5CC5)c4)nc23)C(=O)N1. The Kier molecular flexibility index (Phi) is 5.93. The molecule has 9 nitrogen and oxygen atoms in total. The van der Waals surface area contributed by atoms with E-state index in [0.29, 0.717) is 45.7 Å². The number of fused-ring (bicyclic) bond motifs is 1. The minimum absolute atomic E-state index is 0.00342. The average molecular weight is 534 g/mol. The molecule has 0 radical (unpaired) electrons. The Morgan fingerprint density at radius 3 is 2.46 bits per heavy atom. The van der Waals surface area contributed by atoms with E-state index in [9.17, 15) is 22.8 Å². The zero-order valence-corrected chi connectivity index (χ0v) is 20.3. The second-order valence-corrected chi connectivity index (χ2v) is 9.45. The summed E-state index contributed by atoms with van der Waals surface area (Å²) in [6.07, 6.45) is 2.52. The largest absolute Gasteiger partial charge is 0.416 e. The molecule has 4 N–H and O–H groups in total. The van der Waals surface area contributed by atoms with Crippen molar-refractivity contribution in [3.8, 4) is 0 Å². The molecule has 198 valence electrons. The van der Waals surface area contributed by atoms with Gasteiger partial charge in [-0.05, 0) is 61.4 Å². The molecule has 0 spiro atoms. The lowest BCUT2D eigenvalue weighted by Gasteiger charge is -2.15. The summed E-state index contributed by atoms with van der Waals surface area (Å²) in [4.78, 5) is 28.1. The van der Waals surface area contributed by atoms with E-state index in [0.717, 1.165) is 30.7 Å². The molecule has 3 heterocycles. The van der Waals surface area contributed by atoms with Crippen LogP contribution in [-0.4, -0.2) is 32.5 Å². The smallest absolute Gasteiger partial charge is 0.382 e. The Hall–Kier alpha value is -4.87. The number of nitrogens with zero attached hydrogens (tertiary/aromatic N) is 3. The van der Waals surface area contributed by atoms with Crippen LogP contribution < -0.4 is 21.3 Å². The molecular weight excluding hydrogens is 511 g/mol. The monoisotopic (exact) mass is 533 g/mol. The lowest BCUT2D eigenvalue weighted by molar-refractivity contribution is -0.137. The summed E-state index contributed by atoms with van der Waals surface area (Å²) in [5.74, 6) is -0.301. The van der Waals surface area contributed by atoms with Crippen LogP contribution in [0, 0.1) is 0 Å². The quantitative estimate of drug-likeness (QED) is 0.190. The van der Waals surface area contributed by atoms with E-state index in [2.05, 4.69) is 31.3 Å². The molecule has 2 amide bonds. The summed E-state index contributed by atoms with van der Waals surface area (Å²) < 4.78 is 41.1. The predicted octanol–water partition coefficient (Wildman–Crippen LogP) is 5.24. The minimum Gasteiger partial charge on any atom is -0.382 e. The lowest BCUT2D eigenvalue weighted by Crippen LogP contribution is -2.19. The van der Waals surface area contributed by atoms with Crippen LogP contribution in [0.3, 0.4) is 0 Å². The molecule has 2 aliphatic rings. The number of aromatic nitrogens is 3. The number of carbonyl (C=O) groups excluding carboxylic acids is 2. The molecule has 12 heteroatoms. The van der Waals surface area contributed by atoms with Gasteiger partial charge < -0.3 is 16.0 Å². The van der Waals surface area contributed by atoms with E-state index >= 15 is 0 Å². The summed E-state index contributed by atoms with van der Waals surface area (Å²) in [5.41, 5.74) is 3.03. The van der Waals surface area contributed by atoms with E-state index in [1.165, 1.54) is 6.07 Å². The molecule has 4 aromatic rings. The van der Waals surface area contributed by atoms with E-state index in [1.54, 1.807) is 41.2 Å². The maximum Gasteiger partial charge on any atom is 0.416 e. The van der Waals surface area contributed by atoms with Gasteiger partial charge in [0.15, 0.2) is 5.65 Å². The van der Waals surface area contributed by atoms with Crippen LogP contribution in [-0.2, 0) is 15.8 Å². The Labute approximate surface area is 220 Å². The third kappa shape index (κ3) is 5.54. The first-order valence-corrected chi connectivity index (χ1v) is 12.2. The minimum atomic E-state index is -4.44. The standard InChI is InChI=1S/C27H22F3N7O2/c28-27(29,30)17-2-1-3-19(10-17)33-21-11-20(32-18-4-5-18)12-22(13-21)34-23-6-7-37-25(35-23)16(14-31-37)8-15-9-24(38)36-26(15)39/h1-3,6-8,10-14,18,32-33H,4-5,9H2,(H,34,35)(H,36,38,39)/b15-8-. The zero-order valence-electron chi connectivity index (χ0n) is 20.3. The van der Waals surface area contributed by atoms with Crippen LogP contribution in [0.2, 0.25) is 0 Å². The first-order valence-electron chi connectivity index (χ1n) is 12.2. The Morgan fingerprint density at radius 1 is 0.974 bits per heavy atom. The number of carbonyl (C=O) groups is 2. The van der Waals surface area contributed by atoms with Crippen molar-refractivity contribution in [2.75, 3.05) is 16.0 Å². The van der Waals surface area contributed by atoms with Gasteiger partial charge in [-0.2, -0.15) is 18.3 Å².